The van der Waals surface area contributed by atoms with E-state index in [4.69, 9.17) is 4.74 Å². The van der Waals surface area contributed by atoms with Crippen LogP contribution in [0.3, 0.4) is 0 Å². The van der Waals surface area contributed by atoms with Crippen LogP contribution in [0.15, 0.2) is 28.6 Å². The molecule has 2 aromatic rings. The first-order chi connectivity index (χ1) is 12.0. The van der Waals surface area contributed by atoms with Crippen LogP contribution in [0.1, 0.15) is 6.92 Å². The van der Waals surface area contributed by atoms with Gasteiger partial charge in [-0.1, -0.05) is 23.5 Å². The van der Waals surface area contributed by atoms with E-state index in [0.717, 1.165) is 17.0 Å². The van der Waals surface area contributed by atoms with Crippen LogP contribution >= 0.6 is 11.3 Å². The summed E-state index contributed by atoms with van der Waals surface area (Å²) >= 11 is 0.791. The Labute approximate surface area is 149 Å². The van der Waals surface area contributed by atoms with Gasteiger partial charge in [0.05, 0.1) is 24.6 Å². The maximum atomic E-state index is 12.6. The van der Waals surface area contributed by atoms with E-state index in [2.05, 4.69) is 25.1 Å². The smallest absolute Gasteiger partial charge is 0.291 e. The number of ether oxygens (including phenoxy) is 1. The maximum absolute atomic E-state index is 12.6. The summed E-state index contributed by atoms with van der Waals surface area (Å²) < 4.78 is 32.8. The average molecular weight is 383 g/mol. The molecular weight excluding hydrogens is 366 g/mol. The van der Waals surface area contributed by atoms with Gasteiger partial charge >= 0.3 is 0 Å². The molecule has 2 N–H and O–H groups in total. The normalized spacial score (nSPS) is 15.0. The molecule has 0 saturated carbocycles. The third-order valence-electron chi connectivity index (χ3n) is 3.42. The molecule has 11 heteroatoms. The van der Waals surface area contributed by atoms with Crippen LogP contribution in [0.4, 0.5) is 16.5 Å². The summed E-state index contributed by atoms with van der Waals surface area (Å²) in [5, 5.41) is 9.87. The largest absolute Gasteiger partial charge is 0.378 e. The molecule has 1 aliphatic rings. The number of sulfonamides is 1. The molecule has 0 aliphatic carbocycles. The zero-order valence-electron chi connectivity index (χ0n) is 13.4. The number of hydrogen-bond donors (Lipinski definition) is 2. The lowest BCUT2D eigenvalue weighted by atomic mass is 10.2. The third-order valence-corrected chi connectivity index (χ3v) is 5.99. The molecule has 0 bridgehead atoms. The molecule has 1 saturated heterocycles. The summed E-state index contributed by atoms with van der Waals surface area (Å²) in [6, 6.07) is 7.15. The van der Waals surface area contributed by atoms with Gasteiger partial charge in [0.1, 0.15) is 0 Å². The first kappa shape index (κ1) is 17.6. The number of para-hydroxylation sites is 2. The topological polar surface area (TPSA) is 114 Å². The molecule has 0 radical (unpaired) electrons. The molecule has 25 heavy (non-hydrogen) atoms. The highest BCUT2D eigenvalue weighted by atomic mass is 32.2. The van der Waals surface area contributed by atoms with Crippen molar-refractivity contribution in [3.63, 3.8) is 0 Å². The molecule has 0 atom stereocenters. The first-order valence-corrected chi connectivity index (χ1v) is 9.81. The highest BCUT2D eigenvalue weighted by Gasteiger charge is 2.23. The van der Waals surface area contributed by atoms with Crippen LogP contribution in [0.25, 0.3) is 0 Å². The predicted octanol–water partition coefficient (Wildman–Crippen LogP) is 1.13. The van der Waals surface area contributed by atoms with E-state index in [1.165, 1.54) is 6.92 Å². The fourth-order valence-electron chi connectivity index (χ4n) is 2.35. The summed E-state index contributed by atoms with van der Waals surface area (Å²) in [4.78, 5) is 13.1. The number of carbonyl (C=O) groups is 1. The summed E-state index contributed by atoms with van der Waals surface area (Å²) in [7, 11) is -3.90. The van der Waals surface area contributed by atoms with Gasteiger partial charge in [0, 0.05) is 20.0 Å². The van der Waals surface area contributed by atoms with Gasteiger partial charge in [-0.3, -0.25) is 9.52 Å². The first-order valence-electron chi connectivity index (χ1n) is 7.51. The minimum atomic E-state index is -3.90. The summed E-state index contributed by atoms with van der Waals surface area (Å²) in [6.45, 7) is 3.87. The zero-order valence-corrected chi connectivity index (χ0v) is 15.1. The highest BCUT2D eigenvalue weighted by Crippen LogP contribution is 2.29. The second kappa shape index (κ2) is 7.33. The van der Waals surface area contributed by atoms with Crippen molar-refractivity contribution in [2.45, 2.75) is 11.3 Å². The summed E-state index contributed by atoms with van der Waals surface area (Å²) in [6.07, 6.45) is 0. The summed E-state index contributed by atoms with van der Waals surface area (Å²) in [5.74, 6) is -0.342. The fraction of sp³-hybridized carbons (Fsp3) is 0.357. The standard InChI is InChI=1S/C14H17N5O4S2/c1-10(20)15-13-16-17-14(24-13)25(21,22)18-11-4-2-3-5-12(11)19-6-8-23-9-7-19/h2-5,18H,6-9H2,1H3,(H,15,16,20). The Morgan fingerprint density at radius 2 is 1.96 bits per heavy atom. The molecule has 9 nitrogen and oxygen atoms in total. The maximum Gasteiger partial charge on any atom is 0.291 e. The van der Waals surface area contributed by atoms with E-state index in [0.29, 0.717) is 32.0 Å². The van der Waals surface area contributed by atoms with E-state index in [-0.39, 0.29) is 15.4 Å². The number of aromatic nitrogens is 2. The van der Waals surface area contributed by atoms with E-state index >= 15 is 0 Å². The van der Waals surface area contributed by atoms with Crippen LogP contribution in [0.5, 0.6) is 0 Å². The van der Waals surface area contributed by atoms with Gasteiger partial charge in [0.25, 0.3) is 14.4 Å². The average Bonchev–Trinajstić information content (AvgIpc) is 3.04. The van der Waals surface area contributed by atoms with Crippen LogP contribution in [-0.2, 0) is 19.6 Å². The second-order valence-corrected chi connectivity index (χ2v) is 8.11. The van der Waals surface area contributed by atoms with Gasteiger partial charge in [-0.2, -0.15) is 8.42 Å². The van der Waals surface area contributed by atoms with Crippen molar-refractivity contribution in [3.8, 4) is 0 Å². The molecule has 134 valence electrons. The second-order valence-electron chi connectivity index (χ2n) is 5.28. The van der Waals surface area contributed by atoms with Gasteiger partial charge in [-0.15, -0.1) is 10.2 Å². The molecule has 1 aromatic carbocycles. The van der Waals surface area contributed by atoms with Crippen molar-refractivity contribution in [1.82, 2.24) is 10.2 Å². The number of amides is 1. The molecule has 1 amide bonds. The van der Waals surface area contributed by atoms with Gasteiger partial charge in [0.2, 0.25) is 11.0 Å². The Balaban J connectivity index is 1.83. The molecule has 3 rings (SSSR count). The van der Waals surface area contributed by atoms with Crippen LogP contribution in [0, 0.1) is 0 Å². The Hall–Kier alpha value is -2.24. The van der Waals surface area contributed by atoms with E-state index in [1.54, 1.807) is 12.1 Å². The van der Waals surface area contributed by atoms with Crippen molar-refractivity contribution >= 4 is 43.8 Å². The summed E-state index contributed by atoms with van der Waals surface area (Å²) in [5.41, 5.74) is 1.24. The number of morpholine rings is 1. The van der Waals surface area contributed by atoms with E-state index < -0.39 is 10.0 Å². The van der Waals surface area contributed by atoms with Crippen molar-refractivity contribution in [1.29, 1.82) is 0 Å². The van der Waals surface area contributed by atoms with Crippen molar-refractivity contribution in [3.05, 3.63) is 24.3 Å². The monoisotopic (exact) mass is 383 g/mol. The number of rotatable bonds is 5. The van der Waals surface area contributed by atoms with E-state index in [9.17, 15) is 13.2 Å². The number of anilines is 3. The zero-order chi connectivity index (χ0) is 17.9. The number of hydrogen-bond acceptors (Lipinski definition) is 8. The quantitative estimate of drug-likeness (QED) is 0.744. The number of benzene rings is 1. The molecule has 1 aliphatic heterocycles. The lowest BCUT2D eigenvalue weighted by Gasteiger charge is -2.30. The lowest BCUT2D eigenvalue weighted by Crippen LogP contribution is -2.36. The third kappa shape index (κ3) is 4.24. The molecular formula is C14H17N5O4S2. The van der Waals surface area contributed by atoms with Crippen LogP contribution < -0.4 is 14.9 Å². The predicted molar refractivity (Wildman–Crippen MR) is 94.5 cm³/mol. The molecule has 1 aromatic heterocycles. The van der Waals surface area contributed by atoms with Crippen molar-refractivity contribution in [2.24, 2.45) is 0 Å². The van der Waals surface area contributed by atoms with Crippen molar-refractivity contribution in [2.75, 3.05) is 41.2 Å². The van der Waals surface area contributed by atoms with Gasteiger partial charge in [-0.25, -0.2) is 0 Å². The Bertz CT molecular complexity index is 862. The number of nitrogens with zero attached hydrogens (tertiary/aromatic N) is 3. The number of carbonyl (C=O) groups excluding carboxylic acids is 1. The van der Waals surface area contributed by atoms with Crippen LogP contribution in [0.2, 0.25) is 0 Å². The molecule has 1 fully saturated rings. The molecule has 2 heterocycles. The Morgan fingerprint density at radius 3 is 2.68 bits per heavy atom. The number of nitrogens with one attached hydrogen (secondary N) is 2. The molecule has 0 spiro atoms. The minimum absolute atomic E-state index is 0.134. The van der Waals surface area contributed by atoms with Gasteiger partial charge in [-0.05, 0) is 12.1 Å². The Morgan fingerprint density at radius 1 is 1.24 bits per heavy atom. The SMILES string of the molecule is CC(=O)Nc1nnc(S(=O)(=O)Nc2ccccc2N2CCOCC2)s1. The van der Waals surface area contributed by atoms with Crippen molar-refractivity contribution < 1.29 is 17.9 Å². The molecule has 0 unspecified atom stereocenters. The Kier molecular flexibility index (Phi) is 5.16. The van der Waals surface area contributed by atoms with Gasteiger partial charge < -0.3 is 15.0 Å². The minimum Gasteiger partial charge on any atom is -0.378 e. The van der Waals surface area contributed by atoms with Gasteiger partial charge in [0.15, 0.2) is 0 Å². The van der Waals surface area contributed by atoms with Crippen LogP contribution in [-0.4, -0.2) is 50.8 Å². The van der Waals surface area contributed by atoms with E-state index in [1.807, 2.05) is 12.1 Å². The highest BCUT2D eigenvalue weighted by molar-refractivity contribution is 7.94. The lowest BCUT2D eigenvalue weighted by molar-refractivity contribution is -0.114. The fourth-order valence-corrected chi connectivity index (χ4v) is 4.37.